The second kappa shape index (κ2) is 8.78. The van der Waals surface area contributed by atoms with Crippen LogP contribution in [0, 0.1) is 6.92 Å². The molecule has 4 heterocycles. The molecule has 8 heteroatoms. The van der Waals surface area contributed by atoms with Crippen LogP contribution < -0.4 is 0 Å². The summed E-state index contributed by atoms with van der Waals surface area (Å²) < 4.78 is 11.0. The molecule has 0 spiro atoms. The fourth-order valence-electron chi connectivity index (χ4n) is 4.76. The van der Waals surface area contributed by atoms with Crippen LogP contribution in [0.4, 0.5) is 0 Å². The van der Waals surface area contributed by atoms with Gasteiger partial charge in [-0.3, -0.25) is 14.7 Å². The van der Waals surface area contributed by atoms with Crippen molar-refractivity contribution in [2.24, 2.45) is 0 Å². The lowest BCUT2D eigenvalue weighted by atomic mass is 9.91. The van der Waals surface area contributed by atoms with Crippen LogP contribution in [-0.4, -0.2) is 71.2 Å². The predicted octanol–water partition coefficient (Wildman–Crippen LogP) is 2.89. The predicted molar refractivity (Wildman–Crippen MR) is 119 cm³/mol. The Hall–Kier alpha value is -3.13. The number of carbonyl (C=O) groups is 2. The zero-order chi connectivity index (χ0) is 22.1. The summed E-state index contributed by atoms with van der Waals surface area (Å²) in [7, 11) is 0. The highest BCUT2D eigenvalue weighted by atomic mass is 16.5. The van der Waals surface area contributed by atoms with E-state index in [2.05, 4.69) is 10.2 Å². The molecule has 2 amide bonds. The average molecular weight is 437 g/mol. The van der Waals surface area contributed by atoms with Gasteiger partial charge in [0.25, 0.3) is 5.91 Å². The van der Waals surface area contributed by atoms with Crippen LogP contribution in [0.2, 0.25) is 0 Å². The van der Waals surface area contributed by atoms with Crippen LogP contribution in [0.15, 0.2) is 35.1 Å². The van der Waals surface area contributed by atoms with Gasteiger partial charge < -0.3 is 19.0 Å². The number of hydrogen-bond acceptors (Lipinski definition) is 5. The highest BCUT2D eigenvalue weighted by molar-refractivity contribution is 5.95. The van der Waals surface area contributed by atoms with Gasteiger partial charge in [-0.1, -0.05) is 12.1 Å². The summed E-state index contributed by atoms with van der Waals surface area (Å²) >= 11 is 0. The van der Waals surface area contributed by atoms with Crippen LogP contribution >= 0.6 is 0 Å². The summed E-state index contributed by atoms with van der Waals surface area (Å²) in [6, 6.07) is 6.05. The van der Waals surface area contributed by atoms with Gasteiger partial charge in [0.15, 0.2) is 0 Å². The molecule has 0 aliphatic carbocycles. The number of carbonyl (C=O) groups excluding carboxylic acids is 2. The maximum absolute atomic E-state index is 13.1. The number of aromatic nitrogens is 2. The SMILES string of the molecule is Cc1ccc2c(CC(=O)N3CCC[C@H](c4[nH]ncc4C(=O)N4CCOCC4)C3)coc2c1. The molecule has 0 radical (unpaired) electrons. The van der Waals surface area contributed by atoms with Crippen LogP contribution in [0.5, 0.6) is 0 Å². The normalized spacial score (nSPS) is 19.5. The minimum atomic E-state index is -0.0133. The van der Waals surface area contributed by atoms with Crippen molar-refractivity contribution in [1.29, 1.82) is 0 Å². The third kappa shape index (κ3) is 4.02. The molecule has 1 N–H and O–H groups in total. The van der Waals surface area contributed by atoms with Crippen molar-refractivity contribution in [2.45, 2.75) is 32.1 Å². The first-order valence-corrected chi connectivity index (χ1v) is 11.2. The number of rotatable bonds is 4. The van der Waals surface area contributed by atoms with Crippen molar-refractivity contribution in [1.82, 2.24) is 20.0 Å². The Kier molecular flexibility index (Phi) is 5.70. The van der Waals surface area contributed by atoms with Crippen molar-refractivity contribution in [2.75, 3.05) is 39.4 Å². The number of aryl methyl sites for hydroxylation is 1. The quantitative estimate of drug-likeness (QED) is 0.679. The van der Waals surface area contributed by atoms with E-state index >= 15 is 0 Å². The van der Waals surface area contributed by atoms with Gasteiger partial charge >= 0.3 is 0 Å². The molecular formula is C24H28N4O4. The van der Waals surface area contributed by atoms with Gasteiger partial charge in [-0.25, -0.2) is 0 Å². The number of hydrogen-bond donors (Lipinski definition) is 1. The monoisotopic (exact) mass is 436 g/mol. The van der Waals surface area contributed by atoms with Gasteiger partial charge in [0.1, 0.15) is 5.58 Å². The number of aromatic amines is 1. The Bertz CT molecular complexity index is 1130. The molecule has 2 saturated heterocycles. The second-order valence-corrected chi connectivity index (χ2v) is 8.72. The minimum absolute atomic E-state index is 0.0133. The highest BCUT2D eigenvalue weighted by Gasteiger charge is 2.31. The molecule has 0 unspecified atom stereocenters. The van der Waals surface area contributed by atoms with Crippen molar-refractivity contribution in [3.8, 4) is 0 Å². The topological polar surface area (TPSA) is 91.7 Å². The third-order valence-electron chi connectivity index (χ3n) is 6.53. The van der Waals surface area contributed by atoms with E-state index in [4.69, 9.17) is 9.15 Å². The fraction of sp³-hybridized carbons (Fsp3) is 0.458. The smallest absolute Gasteiger partial charge is 0.257 e. The van der Waals surface area contributed by atoms with Crippen molar-refractivity contribution < 1.29 is 18.7 Å². The molecule has 2 aliphatic heterocycles. The molecule has 5 rings (SSSR count). The Morgan fingerprint density at radius 2 is 2.03 bits per heavy atom. The molecule has 2 aliphatic rings. The Labute approximate surface area is 186 Å². The molecule has 1 atom stereocenters. The van der Waals surface area contributed by atoms with Crippen molar-refractivity contribution in [3.05, 3.63) is 53.0 Å². The average Bonchev–Trinajstić information content (AvgIpc) is 3.46. The minimum Gasteiger partial charge on any atom is -0.464 e. The second-order valence-electron chi connectivity index (χ2n) is 8.72. The number of nitrogens with one attached hydrogen (secondary N) is 1. The number of amides is 2. The Morgan fingerprint density at radius 1 is 1.19 bits per heavy atom. The standard InChI is InChI=1S/C24H28N4O4/c1-16-4-5-19-18(15-32-21(19)11-16)12-22(29)28-6-2-3-17(14-28)23-20(13-25-26-23)24(30)27-7-9-31-10-8-27/h4-5,11,13,15,17H,2-3,6-10,12,14H2,1H3,(H,25,26)/t17-/m0/s1. The maximum Gasteiger partial charge on any atom is 0.257 e. The van der Waals surface area contributed by atoms with Crippen LogP contribution in [-0.2, 0) is 16.0 Å². The molecule has 1 aromatic carbocycles. The lowest BCUT2D eigenvalue weighted by Crippen LogP contribution is -2.42. The molecule has 3 aromatic rings. The molecule has 168 valence electrons. The molecule has 8 nitrogen and oxygen atoms in total. The molecule has 2 aromatic heterocycles. The van der Waals surface area contributed by atoms with E-state index in [-0.39, 0.29) is 17.7 Å². The first-order chi connectivity index (χ1) is 15.6. The summed E-state index contributed by atoms with van der Waals surface area (Å²) in [5, 5.41) is 8.20. The first-order valence-electron chi connectivity index (χ1n) is 11.2. The summed E-state index contributed by atoms with van der Waals surface area (Å²) in [5.74, 6) is 0.137. The number of furan rings is 1. The zero-order valence-electron chi connectivity index (χ0n) is 18.3. The largest absolute Gasteiger partial charge is 0.464 e. The summed E-state index contributed by atoms with van der Waals surface area (Å²) in [6.07, 6.45) is 5.44. The Morgan fingerprint density at radius 3 is 2.88 bits per heavy atom. The number of benzene rings is 1. The number of morpholine rings is 1. The van der Waals surface area contributed by atoms with E-state index in [1.54, 1.807) is 12.5 Å². The summed E-state index contributed by atoms with van der Waals surface area (Å²) in [5.41, 5.74) is 4.31. The van der Waals surface area contributed by atoms with E-state index in [1.165, 1.54) is 0 Å². The molecule has 32 heavy (non-hydrogen) atoms. The fourth-order valence-corrected chi connectivity index (χ4v) is 4.76. The molecule has 0 saturated carbocycles. The van der Waals surface area contributed by atoms with Gasteiger partial charge in [-0.2, -0.15) is 5.10 Å². The number of H-pyrrole nitrogens is 1. The number of nitrogens with zero attached hydrogens (tertiary/aromatic N) is 3. The van der Waals surface area contributed by atoms with Gasteiger partial charge in [0, 0.05) is 43.0 Å². The van der Waals surface area contributed by atoms with E-state index in [0.717, 1.165) is 47.2 Å². The number of likely N-dealkylation sites (tertiary alicyclic amines) is 1. The van der Waals surface area contributed by atoms with Crippen molar-refractivity contribution >= 4 is 22.8 Å². The van der Waals surface area contributed by atoms with Gasteiger partial charge in [-0.15, -0.1) is 0 Å². The van der Waals surface area contributed by atoms with Gasteiger partial charge in [0.05, 0.1) is 43.4 Å². The van der Waals surface area contributed by atoms with E-state index in [1.807, 2.05) is 34.9 Å². The maximum atomic E-state index is 13.1. The van der Waals surface area contributed by atoms with Crippen LogP contribution in [0.25, 0.3) is 11.0 Å². The van der Waals surface area contributed by atoms with Crippen LogP contribution in [0.1, 0.15) is 45.9 Å². The van der Waals surface area contributed by atoms with E-state index in [9.17, 15) is 9.59 Å². The molecular weight excluding hydrogens is 408 g/mol. The number of ether oxygens (including phenoxy) is 1. The summed E-state index contributed by atoms with van der Waals surface area (Å²) in [4.78, 5) is 29.9. The van der Waals surface area contributed by atoms with Gasteiger partial charge in [-0.05, 0) is 31.4 Å². The highest BCUT2D eigenvalue weighted by Crippen LogP contribution is 2.30. The first kappa shape index (κ1) is 20.8. The lowest BCUT2D eigenvalue weighted by molar-refractivity contribution is -0.131. The van der Waals surface area contributed by atoms with Gasteiger partial charge in [0.2, 0.25) is 5.91 Å². The molecule has 0 bridgehead atoms. The van der Waals surface area contributed by atoms with E-state index in [0.29, 0.717) is 44.8 Å². The number of piperidine rings is 1. The Balaban J connectivity index is 1.29. The summed E-state index contributed by atoms with van der Waals surface area (Å²) in [6.45, 7) is 5.65. The van der Waals surface area contributed by atoms with E-state index < -0.39 is 0 Å². The number of fused-ring (bicyclic) bond motifs is 1. The van der Waals surface area contributed by atoms with Crippen LogP contribution in [0.3, 0.4) is 0 Å². The van der Waals surface area contributed by atoms with Crippen molar-refractivity contribution in [3.63, 3.8) is 0 Å². The zero-order valence-corrected chi connectivity index (χ0v) is 18.3. The third-order valence-corrected chi connectivity index (χ3v) is 6.53. The molecule has 2 fully saturated rings. The lowest BCUT2D eigenvalue weighted by Gasteiger charge is -2.33.